The molecule has 1 aromatic carbocycles. The molecule has 178 valence electrons. The number of nitrogens with zero attached hydrogens (tertiary/aromatic N) is 1. The number of aromatic carboxylic acids is 1. The fourth-order valence-electron chi connectivity index (χ4n) is 4.78. The van der Waals surface area contributed by atoms with Crippen LogP contribution in [0.5, 0.6) is 11.5 Å². The standard InChI is InChI=1S/C21H29BN4O7/c1-10-15-12-4-5-13(16(19(28)29)18(12)33-22(31)17(10)15)32-11-7-26(8-11)9-21(2,23)20(30)25-6-14(27)24-3/h4-5,10-11,15,17,31H,6-9,23H2,1-3H3,(H,24,27)(H,25,30)(H,28,29)/t10?,15?,17?,21-/m0/s1. The fraction of sp³-hybridized carbons (Fsp3) is 0.571. The van der Waals surface area contributed by atoms with E-state index in [1.54, 1.807) is 13.0 Å². The molecule has 12 heteroatoms. The highest BCUT2D eigenvalue weighted by molar-refractivity contribution is 6.48. The number of carbonyl (C=O) groups excluding carboxylic acids is 2. The number of carbonyl (C=O) groups is 3. The lowest BCUT2D eigenvalue weighted by Crippen LogP contribution is -2.64. The zero-order chi connectivity index (χ0) is 24.1. The van der Waals surface area contributed by atoms with Gasteiger partial charge in [0, 0.05) is 32.5 Å². The van der Waals surface area contributed by atoms with Gasteiger partial charge in [0.1, 0.15) is 28.7 Å². The summed E-state index contributed by atoms with van der Waals surface area (Å²) in [5.74, 6) is -1.27. The second kappa shape index (κ2) is 8.51. The molecule has 1 aromatic rings. The van der Waals surface area contributed by atoms with Crippen LogP contribution < -0.4 is 25.8 Å². The number of likely N-dealkylation sites (tertiary alicyclic amines) is 1. The zero-order valence-electron chi connectivity index (χ0n) is 18.8. The zero-order valence-corrected chi connectivity index (χ0v) is 18.8. The Balaban J connectivity index is 1.37. The smallest absolute Gasteiger partial charge is 0.526 e. The Labute approximate surface area is 191 Å². The molecule has 3 aliphatic rings. The SMILES string of the molecule is CNC(=O)CNC(=O)[C@@](C)(N)CN1CC(Oc2ccc3c(c2C(=O)O)OB(O)C2C(C)C32)C1. The van der Waals surface area contributed by atoms with Gasteiger partial charge in [-0.2, -0.15) is 0 Å². The van der Waals surface area contributed by atoms with Gasteiger partial charge in [-0.3, -0.25) is 14.5 Å². The molecule has 3 unspecified atom stereocenters. The minimum absolute atomic E-state index is 0.00904. The van der Waals surface area contributed by atoms with Gasteiger partial charge in [0.2, 0.25) is 11.8 Å². The molecular weight excluding hydrogens is 431 g/mol. The van der Waals surface area contributed by atoms with E-state index in [2.05, 4.69) is 10.6 Å². The van der Waals surface area contributed by atoms with Crippen molar-refractivity contribution in [2.75, 3.05) is 33.2 Å². The summed E-state index contributed by atoms with van der Waals surface area (Å²) in [5, 5.41) is 24.9. The van der Waals surface area contributed by atoms with Crippen molar-refractivity contribution < 1.29 is 33.9 Å². The van der Waals surface area contributed by atoms with Crippen molar-refractivity contribution >= 4 is 24.9 Å². The first kappa shape index (κ1) is 23.3. The molecule has 11 nitrogen and oxygen atoms in total. The lowest BCUT2D eigenvalue weighted by atomic mass is 9.76. The Morgan fingerprint density at radius 1 is 1.36 bits per heavy atom. The molecule has 1 aliphatic carbocycles. The molecule has 2 fully saturated rings. The molecule has 4 rings (SSSR count). The van der Waals surface area contributed by atoms with Crippen LogP contribution in [0, 0.1) is 5.92 Å². The van der Waals surface area contributed by atoms with Crippen LogP contribution in [0.4, 0.5) is 0 Å². The van der Waals surface area contributed by atoms with Crippen molar-refractivity contribution in [3.63, 3.8) is 0 Å². The van der Waals surface area contributed by atoms with Crippen molar-refractivity contribution in [2.24, 2.45) is 11.7 Å². The maximum absolute atomic E-state index is 12.3. The third-order valence-electron chi connectivity index (χ3n) is 6.71. The van der Waals surface area contributed by atoms with Crippen molar-refractivity contribution in [1.29, 1.82) is 0 Å². The average Bonchev–Trinajstić information content (AvgIpc) is 3.41. The number of carboxylic acids is 1. The van der Waals surface area contributed by atoms with Gasteiger partial charge in [0.15, 0.2) is 0 Å². The topological polar surface area (TPSA) is 163 Å². The molecule has 0 spiro atoms. The van der Waals surface area contributed by atoms with E-state index in [1.165, 1.54) is 7.05 Å². The molecule has 1 saturated heterocycles. The Kier molecular flexibility index (Phi) is 6.02. The molecule has 6 N–H and O–H groups in total. The van der Waals surface area contributed by atoms with Gasteiger partial charge in [-0.15, -0.1) is 0 Å². The number of ether oxygens (including phenoxy) is 1. The van der Waals surface area contributed by atoms with Crippen molar-refractivity contribution in [3.8, 4) is 11.5 Å². The van der Waals surface area contributed by atoms with E-state index in [9.17, 15) is 24.5 Å². The van der Waals surface area contributed by atoms with Crippen LogP contribution in [-0.2, 0) is 9.59 Å². The van der Waals surface area contributed by atoms with Gasteiger partial charge in [-0.25, -0.2) is 4.79 Å². The van der Waals surface area contributed by atoms with Gasteiger partial charge >= 0.3 is 13.1 Å². The first-order valence-corrected chi connectivity index (χ1v) is 10.9. The van der Waals surface area contributed by atoms with E-state index in [-0.39, 0.29) is 59.8 Å². The van der Waals surface area contributed by atoms with Crippen LogP contribution in [0.2, 0.25) is 5.82 Å². The van der Waals surface area contributed by atoms with E-state index < -0.39 is 24.5 Å². The number of nitrogens with one attached hydrogen (secondary N) is 2. The average molecular weight is 460 g/mol. The van der Waals surface area contributed by atoms with Crippen molar-refractivity contribution in [3.05, 3.63) is 23.3 Å². The summed E-state index contributed by atoms with van der Waals surface area (Å²) in [7, 11) is 0.452. The number of carboxylic acid groups (broad SMARTS) is 1. The minimum atomic E-state index is -1.21. The van der Waals surface area contributed by atoms with Crippen LogP contribution in [0.3, 0.4) is 0 Å². The molecule has 0 aromatic heterocycles. The van der Waals surface area contributed by atoms with E-state index in [0.29, 0.717) is 13.1 Å². The second-order valence-electron chi connectivity index (χ2n) is 9.34. The summed E-state index contributed by atoms with van der Waals surface area (Å²) in [6.45, 7) is 4.60. The lowest BCUT2D eigenvalue weighted by molar-refractivity contribution is -0.130. The Bertz CT molecular complexity index is 982. The van der Waals surface area contributed by atoms with Crippen LogP contribution >= 0.6 is 0 Å². The summed E-state index contributed by atoms with van der Waals surface area (Å²) in [6, 6.07) is 3.46. The number of hydrogen-bond acceptors (Lipinski definition) is 8. The van der Waals surface area contributed by atoms with Crippen molar-refractivity contribution in [2.45, 2.75) is 37.2 Å². The van der Waals surface area contributed by atoms with Crippen LogP contribution in [0.15, 0.2) is 12.1 Å². The number of nitrogens with two attached hydrogens (primary N) is 1. The Morgan fingerprint density at radius 3 is 2.70 bits per heavy atom. The van der Waals surface area contributed by atoms with Gasteiger partial charge < -0.3 is 35.9 Å². The summed E-state index contributed by atoms with van der Waals surface area (Å²) >= 11 is 0. The Morgan fingerprint density at radius 2 is 2.06 bits per heavy atom. The largest absolute Gasteiger partial charge is 0.535 e. The monoisotopic (exact) mass is 460 g/mol. The Hall–Kier alpha value is -2.83. The van der Waals surface area contributed by atoms with Gasteiger partial charge in [0.25, 0.3) is 0 Å². The van der Waals surface area contributed by atoms with Gasteiger partial charge in [-0.1, -0.05) is 13.0 Å². The molecule has 0 radical (unpaired) electrons. The van der Waals surface area contributed by atoms with E-state index in [4.69, 9.17) is 15.1 Å². The number of fused-ring (bicyclic) bond motifs is 3. The number of rotatable bonds is 8. The minimum Gasteiger partial charge on any atom is -0.535 e. The van der Waals surface area contributed by atoms with Crippen molar-refractivity contribution in [1.82, 2.24) is 15.5 Å². The molecule has 1 saturated carbocycles. The summed E-state index contributed by atoms with van der Waals surface area (Å²) in [5.41, 5.74) is 5.63. The molecule has 4 atom stereocenters. The van der Waals surface area contributed by atoms with E-state index in [0.717, 1.165) is 5.56 Å². The molecule has 2 amide bonds. The summed E-state index contributed by atoms with van der Waals surface area (Å²) in [4.78, 5) is 37.5. The molecular formula is C21H29BN4O7. The lowest BCUT2D eigenvalue weighted by Gasteiger charge is -2.42. The predicted octanol–water partition coefficient (Wildman–Crippen LogP) is -0.996. The highest BCUT2D eigenvalue weighted by atomic mass is 16.5. The van der Waals surface area contributed by atoms with Crippen LogP contribution in [0.1, 0.15) is 35.7 Å². The van der Waals surface area contributed by atoms with E-state index in [1.807, 2.05) is 17.9 Å². The number of likely N-dealkylation sites (N-methyl/N-ethyl adjacent to an activating group) is 1. The number of benzene rings is 1. The molecule has 33 heavy (non-hydrogen) atoms. The van der Waals surface area contributed by atoms with Gasteiger partial charge in [-0.05, 0) is 30.4 Å². The maximum atomic E-state index is 12.3. The normalized spacial score (nSPS) is 25.5. The first-order valence-electron chi connectivity index (χ1n) is 10.9. The molecule has 2 aliphatic heterocycles. The van der Waals surface area contributed by atoms with Gasteiger partial charge in [0.05, 0.1) is 6.54 Å². The highest BCUT2D eigenvalue weighted by Crippen LogP contribution is 2.65. The molecule has 2 heterocycles. The summed E-state index contributed by atoms with van der Waals surface area (Å²) in [6.07, 6.45) is -0.285. The predicted molar refractivity (Wildman–Crippen MR) is 118 cm³/mol. The van der Waals surface area contributed by atoms with Crippen LogP contribution in [-0.4, -0.2) is 84.8 Å². The highest BCUT2D eigenvalue weighted by Gasteiger charge is 2.60. The maximum Gasteiger partial charge on any atom is 0.526 e. The quantitative estimate of drug-likeness (QED) is 0.306. The van der Waals surface area contributed by atoms with Crippen LogP contribution in [0.25, 0.3) is 0 Å². The third-order valence-corrected chi connectivity index (χ3v) is 6.71. The second-order valence-corrected chi connectivity index (χ2v) is 9.34. The molecule has 0 bridgehead atoms. The third kappa shape index (κ3) is 4.38. The number of amides is 2. The van der Waals surface area contributed by atoms with E-state index >= 15 is 0 Å². The first-order chi connectivity index (χ1) is 15.5. The fourth-order valence-corrected chi connectivity index (χ4v) is 4.78. The summed E-state index contributed by atoms with van der Waals surface area (Å²) < 4.78 is 11.5. The number of hydrogen-bond donors (Lipinski definition) is 5.